The van der Waals surface area contributed by atoms with Gasteiger partial charge in [-0.2, -0.15) is 0 Å². The van der Waals surface area contributed by atoms with Gasteiger partial charge in [0.05, 0.1) is 40.2 Å². The van der Waals surface area contributed by atoms with E-state index in [4.69, 9.17) is 23.7 Å². The van der Waals surface area contributed by atoms with Crippen molar-refractivity contribution in [2.45, 2.75) is 0 Å². The predicted octanol–water partition coefficient (Wildman–Crippen LogP) is 3.33. The molecule has 3 aromatic rings. The highest BCUT2D eigenvalue weighted by atomic mass is 32.1. The van der Waals surface area contributed by atoms with Crippen LogP contribution >= 0.6 is 11.3 Å². The fraction of sp³-hybridized carbons (Fsp3) is 0.320. The van der Waals surface area contributed by atoms with E-state index in [1.165, 1.54) is 18.4 Å². The molecule has 0 aliphatic carbocycles. The van der Waals surface area contributed by atoms with E-state index in [9.17, 15) is 9.59 Å². The second kappa shape index (κ2) is 11.7. The summed E-state index contributed by atoms with van der Waals surface area (Å²) >= 11 is 1.30. The maximum absolute atomic E-state index is 12.9. The first-order valence-electron chi connectivity index (χ1n) is 11.2. The lowest BCUT2D eigenvalue weighted by Gasteiger charge is -2.26. The molecule has 1 aliphatic heterocycles. The molecule has 1 aliphatic rings. The first kappa shape index (κ1) is 25.3. The van der Waals surface area contributed by atoms with Crippen molar-refractivity contribution in [3.8, 4) is 34.3 Å². The molecule has 2 heterocycles. The molecule has 0 bridgehead atoms. The van der Waals surface area contributed by atoms with Crippen LogP contribution < -0.4 is 24.3 Å². The van der Waals surface area contributed by atoms with Gasteiger partial charge in [-0.25, -0.2) is 4.98 Å². The van der Waals surface area contributed by atoms with Crippen molar-refractivity contribution in [2.24, 2.45) is 0 Å². The number of rotatable bonds is 9. The second-order valence-electron chi connectivity index (χ2n) is 7.71. The maximum atomic E-state index is 12.9. The van der Waals surface area contributed by atoms with Crippen molar-refractivity contribution in [1.29, 1.82) is 0 Å². The van der Waals surface area contributed by atoms with Crippen LogP contribution in [-0.4, -0.2) is 75.9 Å². The molecule has 10 nitrogen and oxygen atoms in total. The van der Waals surface area contributed by atoms with Crippen LogP contribution in [0.4, 0.5) is 5.13 Å². The van der Waals surface area contributed by atoms with Crippen molar-refractivity contribution in [1.82, 2.24) is 9.88 Å². The summed E-state index contributed by atoms with van der Waals surface area (Å²) in [5.74, 6) is 1.53. The summed E-state index contributed by atoms with van der Waals surface area (Å²) in [6.45, 7) is 2.00. The number of carbonyl (C=O) groups is 2. The van der Waals surface area contributed by atoms with Gasteiger partial charge in [0.25, 0.3) is 11.8 Å². The van der Waals surface area contributed by atoms with Gasteiger partial charge in [0, 0.05) is 35.7 Å². The zero-order valence-corrected chi connectivity index (χ0v) is 21.1. The molecule has 0 saturated carbocycles. The van der Waals surface area contributed by atoms with Gasteiger partial charge in [-0.15, -0.1) is 11.3 Å². The van der Waals surface area contributed by atoms with Crippen LogP contribution in [0.3, 0.4) is 0 Å². The average molecular weight is 514 g/mol. The lowest BCUT2D eigenvalue weighted by Crippen LogP contribution is -2.43. The molecule has 2 amide bonds. The number of nitrogens with zero attached hydrogens (tertiary/aromatic N) is 2. The van der Waals surface area contributed by atoms with Crippen LogP contribution in [-0.2, 0) is 9.53 Å². The number of carbonyl (C=O) groups excluding carboxylic acids is 2. The summed E-state index contributed by atoms with van der Waals surface area (Å²) in [5, 5.41) is 5.08. The number of anilines is 1. The Morgan fingerprint density at radius 1 is 1.00 bits per heavy atom. The second-order valence-corrected chi connectivity index (χ2v) is 8.56. The van der Waals surface area contributed by atoms with E-state index in [1.807, 2.05) is 17.5 Å². The summed E-state index contributed by atoms with van der Waals surface area (Å²) in [4.78, 5) is 31.4. The van der Waals surface area contributed by atoms with Crippen molar-refractivity contribution in [3.63, 3.8) is 0 Å². The minimum absolute atomic E-state index is 0.126. The highest BCUT2D eigenvalue weighted by Crippen LogP contribution is 2.35. The third-order valence-electron chi connectivity index (χ3n) is 5.55. The fourth-order valence-corrected chi connectivity index (χ4v) is 4.31. The molecule has 36 heavy (non-hydrogen) atoms. The smallest absolute Gasteiger partial charge is 0.260 e. The Balaban J connectivity index is 1.41. The highest BCUT2D eigenvalue weighted by molar-refractivity contribution is 7.14. The van der Waals surface area contributed by atoms with E-state index in [2.05, 4.69) is 10.3 Å². The lowest BCUT2D eigenvalue weighted by atomic mass is 10.1. The van der Waals surface area contributed by atoms with Crippen LogP contribution in [0.2, 0.25) is 0 Å². The number of aromatic nitrogens is 1. The summed E-state index contributed by atoms with van der Waals surface area (Å²) in [7, 11) is 4.64. The molecular weight excluding hydrogens is 486 g/mol. The van der Waals surface area contributed by atoms with E-state index in [0.717, 1.165) is 5.56 Å². The normalized spacial score (nSPS) is 13.1. The van der Waals surface area contributed by atoms with Crippen LogP contribution in [0.25, 0.3) is 11.3 Å². The molecule has 4 rings (SSSR count). The molecule has 0 radical (unpaired) electrons. The quantitative estimate of drug-likeness (QED) is 0.464. The van der Waals surface area contributed by atoms with Crippen molar-refractivity contribution in [3.05, 3.63) is 47.3 Å². The van der Waals surface area contributed by atoms with Crippen molar-refractivity contribution >= 4 is 28.3 Å². The van der Waals surface area contributed by atoms with E-state index >= 15 is 0 Å². The number of methoxy groups -OCH3 is 3. The number of amides is 2. The lowest BCUT2D eigenvalue weighted by molar-refractivity contribution is -0.137. The zero-order chi connectivity index (χ0) is 25.5. The monoisotopic (exact) mass is 513 g/mol. The molecule has 1 fully saturated rings. The van der Waals surface area contributed by atoms with Gasteiger partial charge in [0.2, 0.25) is 0 Å². The SMILES string of the molecule is COc1ccc(-c2csc(NC(=O)c3ccc(OCC(=O)N4CCOCC4)c(OC)c3)n2)c(OC)c1. The topological polar surface area (TPSA) is 108 Å². The minimum atomic E-state index is -0.355. The third-order valence-corrected chi connectivity index (χ3v) is 6.31. The first-order valence-corrected chi connectivity index (χ1v) is 12.1. The molecule has 0 unspecified atom stereocenters. The Labute approximate surface area is 212 Å². The number of morpholine rings is 1. The minimum Gasteiger partial charge on any atom is -0.497 e. The number of hydrogen-bond donors (Lipinski definition) is 1. The number of hydrogen-bond acceptors (Lipinski definition) is 9. The molecule has 1 N–H and O–H groups in total. The van der Waals surface area contributed by atoms with E-state index < -0.39 is 0 Å². The molecular formula is C25H27N3O7S. The van der Waals surface area contributed by atoms with Gasteiger partial charge in [-0.3, -0.25) is 14.9 Å². The molecule has 2 aromatic carbocycles. The van der Waals surface area contributed by atoms with Gasteiger partial charge >= 0.3 is 0 Å². The zero-order valence-electron chi connectivity index (χ0n) is 20.2. The van der Waals surface area contributed by atoms with Gasteiger partial charge in [-0.1, -0.05) is 0 Å². The van der Waals surface area contributed by atoms with Crippen LogP contribution in [0.1, 0.15) is 10.4 Å². The first-order chi connectivity index (χ1) is 17.5. The molecule has 190 valence electrons. The fourth-order valence-electron chi connectivity index (χ4n) is 3.61. The number of ether oxygens (including phenoxy) is 5. The Bertz CT molecular complexity index is 1220. The summed E-state index contributed by atoms with van der Waals surface area (Å²) < 4.78 is 27.0. The van der Waals surface area contributed by atoms with E-state index in [-0.39, 0.29) is 18.4 Å². The Hall–Kier alpha value is -3.83. The van der Waals surface area contributed by atoms with Gasteiger partial charge in [-0.05, 0) is 30.3 Å². The van der Waals surface area contributed by atoms with E-state index in [0.29, 0.717) is 65.7 Å². The average Bonchev–Trinajstić information content (AvgIpc) is 3.39. The van der Waals surface area contributed by atoms with Gasteiger partial charge in [0.1, 0.15) is 11.5 Å². The maximum Gasteiger partial charge on any atom is 0.260 e. The molecule has 11 heteroatoms. The number of benzene rings is 2. The molecule has 0 atom stereocenters. The Morgan fingerprint density at radius 3 is 2.50 bits per heavy atom. The number of nitrogens with one attached hydrogen (secondary N) is 1. The Morgan fingerprint density at radius 2 is 1.78 bits per heavy atom. The third kappa shape index (κ3) is 5.86. The molecule has 1 saturated heterocycles. The van der Waals surface area contributed by atoms with Crippen LogP contribution in [0.5, 0.6) is 23.0 Å². The van der Waals surface area contributed by atoms with Crippen LogP contribution in [0, 0.1) is 0 Å². The molecule has 1 aromatic heterocycles. The number of thiazole rings is 1. The van der Waals surface area contributed by atoms with Crippen molar-refractivity contribution in [2.75, 3.05) is 59.6 Å². The predicted molar refractivity (Wildman–Crippen MR) is 134 cm³/mol. The van der Waals surface area contributed by atoms with Crippen molar-refractivity contribution < 1.29 is 33.3 Å². The molecule has 0 spiro atoms. The summed E-state index contributed by atoms with van der Waals surface area (Å²) in [5.41, 5.74) is 1.81. The van der Waals surface area contributed by atoms with E-state index in [1.54, 1.807) is 43.4 Å². The van der Waals surface area contributed by atoms with Gasteiger partial charge < -0.3 is 28.6 Å². The largest absolute Gasteiger partial charge is 0.497 e. The summed E-state index contributed by atoms with van der Waals surface area (Å²) in [6, 6.07) is 10.2. The summed E-state index contributed by atoms with van der Waals surface area (Å²) in [6.07, 6.45) is 0. The van der Waals surface area contributed by atoms with Crippen LogP contribution in [0.15, 0.2) is 41.8 Å². The van der Waals surface area contributed by atoms with Gasteiger partial charge in [0.15, 0.2) is 23.2 Å². The highest BCUT2D eigenvalue weighted by Gasteiger charge is 2.19. The Kier molecular flexibility index (Phi) is 8.24. The standard InChI is InChI=1S/C25H27N3O7S/c1-31-17-5-6-18(21(13-17)32-2)19-15-36-25(26-19)27-24(30)16-4-7-20(22(12-16)33-3)35-14-23(29)28-8-10-34-11-9-28/h4-7,12-13,15H,8-11,14H2,1-3H3,(H,26,27,30).